The van der Waals surface area contributed by atoms with E-state index in [2.05, 4.69) is 77.9 Å². The smallest absolute Gasteiger partial charge is 0.0385 e. The fraction of sp³-hybridized carbons (Fsp3) is 0.294. The summed E-state index contributed by atoms with van der Waals surface area (Å²) in [6.07, 6.45) is 0. The Hall–Kier alpha value is -2.16. The van der Waals surface area contributed by atoms with Gasteiger partial charge >= 0.3 is 0 Å². The minimum absolute atomic E-state index is 1.04. The van der Waals surface area contributed by atoms with Crippen molar-refractivity contribution in [2.24, 2.45) is 0 Å². The van der Waals surface area contributed by atoms with Crippen LogP contribution in [0.1, 0.15) is 13.8 Å². The lowest BCUT2D eigenvalue weighted by Gasteiger charge is -2.21. The van der Waals surface area contributed by atoms with E-state index >= 15 is 0 Å². The van der Waals surface area contributed by atoms with Gasteiger partial charge in [0.2, 0.25) is 0 Å². The monoisotopic (exact) mass is 269 g/mol. The molecule has 2 aromatic carbocycles. The van der Waals surface area contributed by atoms with E-state index in [9.17, 15) is 0 Å². The van der Waals surface area contributed by atoms with Gasteiger partial charge in [-0.25, -0.2) is 0 Å². The third-order valence-electron chi connectivity index (χ3n) is 3.46. The zero-order chi connectivity index (χ0) is 14.4. The summed E-state index contributed by atoms with van der Waals surface area (Å²) in [7, 11) is 1.92. The maximum Gasteiger partial charge on any atom is 0.0385 e. The van der Waals surface area contributed by atoms with Crippen LogP contribution in [0.25, 0.3) is 0 Å². The molecule has 0 spiro atoms. The summed E-state index contributed by atoms with van der Waals surface area (Å²) in [5, 5.41) is 6.53. The topological polar surface area (TPSA) is 27.3 Å². The number of hydrogen-bond donors (Lipinski definition) is 2. The standard InChI is InChI=1S/C17H23N3/c1-4-20(5-2)17-12-10-16(11-13-17)19-15-8-6-14(18-3)7-9-15/h6-13,18-19H,4-5H2,1-3H3. The number of nitrogens with zero attached hydrogens (tertiary/aromatic N) is 1. The largest absolute Gasteiger partial charge is 0.388 e. The zero-order valence-corrected chi connectivity index (χ0v) is 12.5. The fourth-order valence-electron chi connectivity index (χ4n) is 2.23. The van der Waals surface area contributed by atoms with Gasteiger partial charge in [-0.2, -0.15) is 0 Å². The molecule has 0 bridgehead atoms. The van der Waals surface area contributed by atoms with Crippen LogP contribution in [0.4, 0.5) is 22.7 Å². The average Bonchev–Trinajstić information content (AvgIpc) is 2.51. The molecule has 106 valence electrons. The lowest BCUT2D eigenvalue weighted by atomic mass is 10.2. The van der Waals surface area contributed by atoms with Crippen LogP contribution in [0.15, 0.2) is 48.5 Å². The summed E-state index contributed by atoms with van der Waals surface area (Å²) >= 11 is 0. The molecule has 0 aliphatic heterocycles. The maximum absolute atomic E-state index is 3.41. The van der Waals surface area contributed by atoms with E-state index in [4.69, 9.17) is 0 Å². The van der Waals surface area contributed by atoms with Gasteiger partial charge in [-0.3, -0.25) is 0 Å². The molecule has 0 atom stereocenters. The molecule has 0 heterocycles. The molecule has 0 amide bonds. The van der Waals surface area contributed by atoms with Crippen LogP contribution in [-0.4, -0.2) is 20.1 Å². The highest BCUT2D eigenvalue weighted by atomic mass is 15.1. The van der Waals surface area contributed by atoms with Crippen LogP contribution in [-0.2, 0) is 0 Å². The minimum atomic E-state index is 1.04. The molecule has 2 aromatic rings. The van der Waals surface area contributed by atoms with Crippen LogP contribution in [0.3, 0.4) is 0 Å². The molecule has 0 saturated heterocycles. The van der Waals surface area contributed by atoms with Crippen molar-refractivity contribution in [2.45, 2.75) is 13.8 Å². The van der Waals surface area contributed by atoms with Crippen LogP contribution in [0, 0.1) is 0 Å². The van der Waals surface area contributed by atoms with E-state index in [1.54, 1.807) is 0 Å². The van der Waals surface area contributed by atoms with E-state index in [0.717, 1.165) is 30.2 Å². The Morgan fingerprint density at radius 1 is 0.750 bits per heavy atom. The Balaban J connectivity index is 2.06. The van der Waals surface area contributed by atoms with E-state index in [1.165, 1.54) is 5.69 Å². The minimum Gasteiger partial charge on any atom is -0.388 e. The van der Waals surface area contributed by atoms with E-state index in [1.807, 2.05) is 7.05 Å². The van der Waals surface area contributed by atoms with Gasteiger partial charge in [-0.1, -0.05) is 0 Å². The number of nitrogens with one attached hydrogen (secondary N) is 2. The first-order valence-corrected chi connectivity index (χ1v) is 7.16. The molecule has 0 fully saturated rings. The van der Waals surface area contributed by atoms with Crippen molar-refractivity contribution in [1.29, 1.82) is 0 Å². The van der Waals surface area contributed by atoms with Crippen LogP contribution >= 0.6 is 0 Å². The Labute approximate surface area is 121 Å². The lowest BCUT2D eigenvalue weighted by Crippen LogP contribution is -2.21. The second-order valence-corrected chi connectivity index (χ2v) is 4.67. The van der Waals surface area contributed by atoms with Crippen molar-refractivity contribution in [3.8, 4) is 0 Å². The second kappa shape index (κ2) is 6.85. The first-order chi connectivity index (χ1) is 9.76. The number of benzene rings is 2. The molecule has 3 heteroatoms. The van der Waals surface area contributed by atoms with Gasteiger partial charge in [0.15, 0.2) is 0 Å². The number of hydrogen-bond acceptors (Lipinski definition) is 3. The van der Waals surface area contributed by atoms with Crippen molar-refractivity contribution in [2.75, 3.05) is 35.7 Å². The van der Waals surface area contributed by atoms with Crippen molar-refractivity contribution in [3.63, 3.8) is 0 Å². The Morgan fingerprint density at radius 3 is 1.65 bits per heavy atom. The predicted octanol–water partition coefficient (Wildman–Crippen LogP) is 4.32. The zero-order valence-electron chi connectivity index (χ0n) is 12.5. The first kappa shape index (κ1) is 14.3. The average molecular weight is 269 g/mol. The lowest BCUT2D eigenvalue weighted by molar-refractivity contribution is 0.866. The summed E-state index contributed by atoms with van der Waals surface area (Å²) in [5.41, 5.74) is 4.59. The highest BCUT2D eigenvalue weighted by molar-refractivity contribution is 5.64. The third-order valence-corrected chi connectivity index (χ3v) is 3.46. The molecule has 0 aliphatic carbocycles. The summed E-state index contributed by atoms with van der Waals surface area (Å²) in [5.74, 6) is 0. The molecule has 0 saturated carbocycles. The second-order valence-electron chi connectivity index (χ2n) is 4.67. The van der Waals surface area contributed by atoms with Crippen LogP contribution in [0.2, 0.25) is 0 Å². The molecule has 2 rings (SSSR count). The summed E-state index contributed by atoms with van der Waals surface area (Å²) in [4.78, 5) is 2.34. The first-order valence-electron chi connectivity index (χ1n) is 7.16. The predicted molar refractivity (Wildman–Crippen MR) is 89.3 cm³/mol. The highest BCUT2D eigenvalue weighted by Gasteiger charge is 2.01. The molecule has 20 heavy (non-hydrogen) atoms. The molecule has 0 unspecified atom stereocenters. The highest BCUT2D eigenvalue weighted by Crippen LogP contribution is 2.22. The SMILES string of the molecule is CCN(CC)c1ccc(Nc2ccc(NC)cc2)cc1. The fourth-order valence-corrected chi connectivity index (χ4v) is 2.23. The molecule has 0 aromatic heterocycles. The summed E-state index contributed by atoms with van der Waals surface area (Å²) in [6, 6.07) is 16.8. The Morgan fingerprint density at radius 2 is 1.20 bits per heavy atom. The Bertz CT molecular complexity index is 513. The van der Waals surface area contributed by atoms with E-state index in [-0.39, 0.29) is 0 Å². The third kappa shape index (κ3) is 3.44. The van der Waals surface area contributed by atoms with E-state index < -0.39 is 0 Å². The number of rotatable bonds is 6. The molecule has 2 N–H and O–H groups in total. The normalized spacial score (nSPS) is 10.2. The van der Waals surface area contributed by atoms with Crippen molar-refractivity contribution in [3.05, 3.63) is 48.5 Å². The maximum atomic E-state index is 3.41. The van der Waals surface area contributed by atoms with Crippen molar-refractivity contribution >= 4 is 22.7 Å². The van der Waals surface area contributed by atoms with Crippen LogP contribution in [0.5, 0.6) is 0 Å². The van der Waals surface area contributed by atoms with Gasteiger partial charge in [0.05, 0.1) is 0 Å². The van der Waals surface area contributed by atoms with Gasteiger partial charge < -0.3 is 15.5 Å². The van der Waals surface area contributed by atoms with Crippen LogP contribution < -0.4 is 15.5 Å². The molecular weight excluding hydrogens is 246 g/mol. The molecule has 0 radical (unpaired) electrons. The molecule has 0 aliphatic rings. The van der Waals surface area contributed by atoms with Gasteiger partial charge in [0.1, 0.15) is 0 Å². The van der Waals surface area contributed by atoms with E-state index in [0.29, 0.717) is 0 Å². The van der Waals surface area contributed by atoms with Gasteiger partial charge in [0.25, 0.3) is 0 Å². The van der Waals surface area contributed by atoms with Gasteiger partial charge in [-0.05, 0) is 62.4 Å². The summed E-state index contributed by atoms with van der Waals surface area (Å²) < 4.78 is 0. The van der Waals surface area contributed by atoms with Gasteiger partial charge in [0, 0.05) is 42.9 Å². The molecular formula is C17H23N3. The summed E-state index contributed by atoms with van der Waals surface area (Å²) in [6.45, 7) is 6.43. The molecule has 3 nitrogen and oxygen atoms in total. The quantitative estimate of drug-likeness (QED) is 0.818. The number of anilines is 4. The van der Waals surface area contributed by atoms with Crippen molar-refractivity contribution in [1.82, 2.24) is 0 Å². The Kier molecular flexibility index (Phi) is 4.88. The van der Waals surface area contributed by atoms with Crippen molar-refractivity contribution < 1.29 is 0 Å². The van der Waals surface area contributed by atoms with Gasteiger partial charge in [-0.15, -0.1) is 0 Å².